The summed E-state index contributed by atoms with van der Waals surface area (Å²) in [7, 11) is 0. The molecule has 0 aliphatic heterocycles. The molecule has 2 aromatic carbocycles. The topological polar surface area (TPSA) is 49.4 Å². The van der Waals surface area contributed by atoms with E-state index in [4.69, 9.17) is 23.2 Å². The number of likely N-dealkylation sites (N-methyl/N-ethyl adjacent to an activating group) is 1. The van der Waals surface area contributed by atoms with E-state index in [1.807, 2.05) is 25.1 Å². The Morgan fingerprint density at radius 2 is 1.83 bits per heavy atom. The van der Waals surface area contributed by atoms with Crippen LogP contribution in [0.4, 0.5) is 11.4 Å². The maximum absolute atomic E-state index is 12.4. The molecule has 0 aliphatic rings. The van der Waals surface area contributed by atoms with Crippen LogP contribution in [0.1, 0.15) is 12.5 Å². The lowest BCUT2D eigenvalue weighted by Gasteiger charge is -2.21. The van der Waals surface area contributed by atoms with Gasteiger partial charge in [-0.05, 0) is 43.7 Å². The van der Waals surface area contributed by atoms with Gasteiger partial charge in [0.05, 0.1) is 15.7 Å². The minimum absolute atomic E-state index is 0.203. The van der Waals surface area contributed by atoms with Gasteiger partial charge in [0, 0.05) is 12.2 Å². The van der Waals surface area contributed by atoms with Crippen LogP contribution in [0.15, 0.2) is 42.5 Å². The molecule has 2 rings (SSSR count). The fourth-order valence-electron chi connectivity index (χ4n) is 2.14. The van der Waals surface area contributed by atoms with E-state index in [0.717, 1.165) is 5.56 Å². The first kappa shape index (κ1) is 17.3. The zero-order chi connectivity index (χ0) is 17.0. The summed E-state index contributed by atoms with van der Waals surface area (Å²) in [6, 6.07) is 12.2. The molecule has 0 spiro atoms. The van der Waals surface area contributed by atoms with E-state index in [9.17, 15) is 9.59 Å². The number of rotatable bonds is 3. The maximum Gasteiger partial charge on any atom is 0.316 e. The number of nitrogens with zero attached hydrogens (tertiary/aromatic N) is 1. The third kappa shape index (κ3) is 4.03. The van der Waals surface area contributed by atoms with E-state index in [1.165, 1.54) is 4.90 Å². The molecule has 0 saturated heterocycles. The van der Waals surface area contributed by atoms with Crippen molar-refractivity contribution in [3.8, 4) is 0 Å². The number of benzene rings is 2. The van der Waals surface area contributed by atoms with Crippen LogP contribution < -0.4 is 10.2 Å². The number of carbonyl (C=O) groups is 2. The summed E-state index contributed by atoms with van der Waals surface area (Å²) < 4.78 is 0. The summed E-state index contributed by atoms with van der Waals surface area (Å²) in [4.78, 5) is 26.1. The molecule has 0 fully saturated rings. The summed E-state index contributed by atoms with van der Waals surface area (Å²) >= 11 is 11.9. The van der Waals surface area contributed by atoms with Crippen LogP contribution in [0, 0.1) is 6.92 Å². The van der Waals surface area contributed by atoms with Gasteiger partial charge in [0.2, 0.25) is 0 Å². The molecular weight excluding hydrogens is 335 g/mol. The zero-order valence-corrected chi connectivity index (χ0v) is 14.3. The number of hydrogen-bond donors (Lipinski definition) is 1. The number of carbonyl (C=O) groups excluding carboxylic acids is 2. The van der Waals surface area contributed by atoms with Gasteiger partial charge in [-0.3, -0.25) is 9.59 Å². The van der Waals surface area contributed by atoms with Gasteiger partial charge >= 0.3 is 11.8 Å². The number of anilines is 2. The highest BCUT2D eigenvalue weighted by Gasteiger charge is 2.23. The quantitative estimate of drug-likeness (QED) is 0.839. The van der Waals surface area contributed by atoms with Crippen molar-refractivity contribution in [3.05, 3.63) is 58.1 Å². The average molecular weight is 351 g/mol. The Morgan fingerprint density at radius 1 is 1.13 bits per heavy atom. The van der Waals surface area contributed by atoms with Crippen molar-refractivity contribution in [1.29, 1.82) is 0 Å². The highest BCUT2D eigenvalue weighted by atomic mass is 35.5. The molecule has 1 N–H and O–H groups in total. The van der Waals surface area contributed by atoms with Crippen molar-refractivity contribution in [2.75, 3.05) is 16.8 Å². The number of halogens is 2. The lowest BCUT2D eigenvalue weighted by atomic mass is 10.2. The largest absolute Gasteiger partial charge is 0.316 e. The lowest BCUT2D eigenvalue weighted by Crippen LogP contribution is -2.39. The molecule has 0 heterocycles. The SMILES string of the molecule is CCN(C(=O)C(=O)Nc1cccc(Cl)c1Cl)c1cccc(C)c1. The lowest BCUT2D eigenvalue weighted by molar-refractivity contribution is -0.134. The van der Waals surface area contributed by atoms with Crippen molar-refractivity contribution >= 4 is 46.4 Å². The van der Waals surface area contributed by atoms with Gasteiger partial charge in [0.15, 0.2) is 0 Å². The van der Waals surface area contributed by atoms with Crippen LogP contribution in [0.2, 0.25) is 10.0 Å². The van der Waals surface area contributed by atoms with Gasteiger partial charge in [-0.15, -0.1) is 0 Å². The second-order valence-electron chi connectivity index (χ2n) is 4.94. The Balaban J connectivity index is 2.21. The Kier molecular flexibility index (Phi) is 5.64. The fraction of sp³-hybridized carbons (Fsp3) is 0.176. The minimum Gasteiger partial charge on any atom is -0.316 e. The van der Waals surface area contributed by atoms with Crippen LogP contribution in [0.3, 0.4) is 0 Å². The van der Waals surface area contributed by atoms with E-state index in [1.54, 1.807) is 31.2 Å². The molecule has 0 radical (unpaired) electrons. The average Bonchev–Trinajstić information content (AvgIpc) is 2.52. The molecule has 0 aromatic heterocycles. The highest BCUT2D eigenvalue weighted by Crippen LogP contribution is 2.29. The standard InChI is InChI=1S/C17H16Cl2N2O2/c1-3-21(12-7-4-6-11(2)10-12)17(23)16(22)20-14-9-5-8-13(18)15(14)19/h4-10H,3H2,1-2H3,(H,20,22). The van der Waals surface area contributed by atoms with Gasteiger partial charge in [-0.1, -0.05) is 41.4 Å². The van der Waals surface area contributed by atoms with Crippen LogP contribution in [0.5, 0.6) is 0 Å². The molecule has 0 unspecified atom stereocenters. The van der Waals surface area contributed by atoms with E-state index in [2.05, 4.69) is 5.32 Å². The van der Waals surface area contributed by atoms with E-state index >= 15 is 0 Å². The molecule has 4 nitrogen and oxygen atoms in total. The molecule has 0 bridgehead atoms. The smallest absolute Gasteiger partial charge is 0.316 e. The van der Waals surface area contributed by atoms with E-state index < -0.39 is 11.8 Å². The third-order valence-electron chi connectivity index (χ3n) is 3.27. The molecule has 0 atom stereocenters. The molecule has 0 aliphatic carbocycles. The predicted molar refractivity (Wildman–Crippen MR) is 94.3 cm³/mol. The van der Waals surface area contributed by atoms with Gasteiger partial charge in [-0.25, -0.2) is 0 Å². The van der Waals surface area contributed by atoms with Crippen molar-refractivity contribution < 1.29 is 9.59 Å². The molecule has 2 aromatic rings. The first-order valence-corrected chi connectivity index (χ1v) is 7.83. The second kappa shape index (κ2) is 7.49. The summed E-state index contributed by atoms with van der Waals surface area (Å²) in [6.45, 7) is 4.10. The number of nitrogens with one attached hydrogen (secondary N) is 1. The van der Waals surface area contributed by atoms with Gasteiger partial charge < -0.3 is 10.2 Å². The van der Waals surface area contributed by atoms with E-state index in [0.29, 0.717) is 22.9 Å². The Labute approximate surface area is 145 Å². The van der Waals surface area contributed by atoms with Gasteiger partial charge in [0.25, 0.3) is 0 Å². The van der Waals surface area contributed by atoms with Gasteiger partial charge in [0.1, 0.15) is 0 Å². The van der Waals surface area contributed by atoms with Crippen molar-refractivity contribution in [1.82, 2.24) is 0 Å². The first-order chi connectivity index (χ1) is 10.9. The van der Waals surface area contributed by atoms with Crippen LogP contribution in [-0.4, -0.2) is 18.4 Å². The molecule has 120 valence electrons. The Hall–Kier alpha value is -2.04. The summed E-state index contributed by atoms with van der Waals surface area (Å²) in [6.07, 6.45) is 0. The number of aryl methyl sites for hydroxylation is 1. The fourth-order valence-corrected chi connectivity index (χ4v) is 2.49. The van der Waals surface area contributed by atoms with Crippen LogP contribution in [-0.2, 0) is 9.59 Å². The Bertz CT molecular complexity index is 747. The molecule has 2 amide bonds. The van der Waals surface area contributed by atoms with Crippen LogP contribution in [0.25, 0.3) is 0 Å². The minimum atomic E-state index is -0.766. The molecule has 6 heteroatoms. The van der Waals surface area contributed by atoms with Crippen molar-refractivity contribution in [2.24, 2.45) is 0 Å². The third-order valence-corrected chi connectivity index (χ3v) is 4.09. The maximum atomic E-state index is 12.4. The highest BCUT2D eigenvalue weighted by molar-refractivity contribution is 6.47. The normalized spacial score (nSPS) is 10.3. The summed E-state index contributed by atoms with van der Waals surface area (Å²) in [5, 5.41) is 3.01. The monoisotopic (exact) mass is 350 g/mol. The summed E-state index contributed by atoms with van der Waals surface area (Å²) in [5.74, 6) is -1.42. The predicted octanol–water partition coefficient (Wildman–Crippen LogP) is 4.29. The van der Waals surface area contributed by atoms with Crippen LogP contribution >= 0.6 is 23.2 Å². The second-order valence-corrected chi connectivity index (χ2v) is 5.73. The molecule has 23 heavy (non-hydrogen) atoms. The first-order valence-electron chi connectivity index (χ1n) is 7.07. The zero-order valence-electron chi connectivity index (χ0n) is 12.8. The van der Waals surface area contributed by atoms with Crippen molar-refractivity contribution in [3.63, 3.8) is 0 Å². The Morgan fingerprint density at radius 3 is 2.48 bits per heavy atom. The van der Waals surface area contributed by atoms with Crippen molar-refractivity contribution in [2.45, 2.75) is 13.8 Å². The number of amides is 2. The molecule has 0 saturated carbocycles. The van der Waals surface area contributed by atoms with Gasteiger partial charge in [-0.2, -0.15) is 0 Å². The van der Waals surface area contributed by atoms with E-state index in [-0.39, 0.29) is 5.02 Å². The number of hydrogen-bond acceptors (Lipinski definition) is 2. The summed E-state index contributed by atoms with van der Waals surface area (Å²) in [5.41, 5.74) is 1.98. The molecular formula is C17H16Cl2N2O2.